The van der Waals surface area contributed by atoms with Crippen LogP contribution < -0.4 is 5.73 Å². The Bertz CT molecular complexity index is 549. The molecule has 1 aromatic heterocycles. The molecule has 5 nitrogen and oxygen atoms in total. The molecule has 0 bridgehead atoms. The molecular weight excluding hydrogens is 430 g/mol. The fourth-order valence-electron chi connectivity index (χ4n) is 2.32. The van der Waals surface area contributed by atoms with E-state index in [2.05, 4.69) is 42.8 Å². The van der Waals surface area contributed by atoms with E-state index in [0.29, 0.717) is 32.7 Å². The highest BCUT2D eigenvalue weighted by Gasteiger charge is 2.28. The van der Waals surface area contributed by atoms with Crippen LogP contribution in [-0.4, -0.2) is 56.6 Å². The Morgan fingerprint density at radius 2 is 1.95 bits per heavy atom. The van der Waals surface area contributed by atoms with E-state index in [4.69, 9.17) is 5.73 Å². The molecule has 2 rings (SSSR count). The summed E-state index contributed by atoms with van der Waals surface area (Å²) in [5.74, 6) is 0. The second-order valence-corrected chi connectivity index (χ2v) is 9.96. The first kappa shape index (κ1) is 16.9. The van der Waals surface area contributed by atoms with Crippen LogP contribution in [0.25, 0.3) is 0 Å². The number of piperazine rings is 1. The molecule has 114 valence electrons. The van der Waals surface area contributed by atoms with Gasteiger partial charge in [0.1, 0.15) is 0 Å². The predicted molar refractivity (Wildman–Crippen MR) is 89.5 cm³/mol. The zero-order chi connectivity index (χ0) is 14.9. The molecule has 0 amide bonds. The zero-order valence-corrected chi connectivity index (χ0v) is 15.9. The van der Waals surface area contributed by atoms with Crippen LogP contribution in [0.15, 0.2) is 14.3 Å². The minimum absolute atomic E-state index is 0.143. The summed E-state index contributed by atoms with van der Waals surface area (Å²) in [6, 6.07) is 2.22. The van der Waals surface area contributed by atoms with Gasteiger partial charge in [-0.05, 0) is 37.9 Å². The fourth-order valence-corrected chi connectivity index (χ4v) is 5.38. The quantitative estimate of drug-likeness (QED) is 0.766. The number of nitrogens with zero attached hydrogens (tertiary/aromatic N) is 2. The molecule has 0 radical (unpaired) electrons. The lowest BCUT2D eigenvalue weighted by Gasteiger charge is -2.37. The van der Waals surface area contributed by atoms with E-state index in [1.54, 1.807) is 11.3 Å². The summed E-state index contributed by atoms with van der Waals surface area (Å²) in [7, 11) is -3.09. The van der Waals surface area contributed by atoms with E-state index in [-0.39, 0.29) is 6.04 Å². The van der Waals surface area contributed by atoms with Gasteiger partial charge in [0.15, 0.2) is 0 Å². The van der Waals surface area contributed by atoms with Crippen LogP contribution in [0, 0.1) is 0 Å². The number of hydrogen-bond donors (Lipinski definition) is 1. The van der Waals surface area contributed by atoms with Crippen LogP contribution >= 0.6 is 43.2 Å². The number of thiophene rings is 1. The number of nitrogens with two attached hydrogens (primary N) is 1. The Morgan fingerprint density at radius 3 is 2.35 bits per heavy atom. The molecule has 1 unspecified atom stereocenters. The van der Waals surface area contributed by atoms with Crippen molar-refractivity contribution < 1.29 is 8.42 Å². The molecule has 0 spiro atoms. The Kier molecular flexibility index (Phi) is 5.66. The smallest absolute Gasteiger partial charge is 0.211 e. The summed E-state index contributed by atoms with van der Waals surface area (Å²) in [5.41, 5.74) is 5.92. The summed E-state index contributed by atoms with van der Waals surface area (Å²) in [6.07, 6.45) is 1.26. The lowest BCUT2D eigenvalue weighted by molar-refractivity contribution is 0.142. The first-order valence-corrected chi connectivity index (χ1v) is 10.4. The van der Waals surface area contributed by atoms with E-state index in [0.717, 1.165) is 8.26 Å². The second-order valence-electron chi connectivity index (χ2n) is 4.72. The maximum Gasteiger partial charge on any atom is 0.211 e. The van der Waals surface area contributed by atoms with Crippen molar-refractivity contribution in [2.45, 2.75) is 6.04 Å². The third-order valence-corrected chi connectivity index (χ3v) is 8.06. The Hall–Kier alpha value is 0.490. The van der Waals surface area contributed by atoms with Crippen molar-refractivity contribution >= 4 is 53.2 Å². The average Bonchev–Trinajstić information content (AvgIpc) is 2.70. The fraction of sp³-hybridized carbons (Fsp3) is 0.636. The molecule has 1 aromatic rings. The molecular formula is C11H17Br2N3O2S2. The van der Waals surface area contributed by atoms with Gasteiger partial charge < -0.3 is 5.73 Å². The molecule has 0 saturated carbocycles. The van der Waals surface area contributed by atoms with Crippen LogP contribution in [0.5, 0.6) is 0 Å². The molecule has 0 aromatic carbocycles. The van der Waals surface area contributed by atoms with E-state index in [9.17, 15) is 8.42 Å². The van der Waals surface area contributed by atoms with Crippen molar-refractivity contribution in [1.82, 2.24) is 9.21 Å². The molecule has 20 heavy (non-hydrogen) atoms. The number of halogens is 2. The van der Waals surface area contributed by atoms with Crippen LogP contribution in [0.1, 0.15) is 10.9 Å². The van der Waals surface area contributed by atoms with Gasteiger partial charge in [-0.3, -0.25) is 4.90 Å². The molecule has 1 fully saturated rings. The summed E-state index contributed by atoms with van der Waals surface area (Å²) in [6.45, 7) is 3.01. The highest BCUT2D eigenvalue weighted by molar-refractivity contribution is 9.13. The summed E-state index contributed by atoms with van der Waals surface area (Å²) >= 11 is 8.65. The predicted octanol–water partition coefficient (Wildman–Crippen LogP) is 1.85. The van der Waals surface area contributed by atoms with Gasteiger partial charge in [0.05, 0.1) is 16.1 Å². The topological polar surface area (TPSA) is 66.6 Å². The van der Waals surface area contributed by atoms with Crippen LogP contribution in [-0.2, 0) is 10.0 Å². The normalized spacial score (nSPS) is 20.2. The van der Waals surface area contributed by atoms with E-state index in [1.165, 1.54) is 15.4 Å². The van der Waals surface area contributed by atoms with Crippen LogP contribution in [0.2, 0.25) is 0 Å². The van der Waals surface area contributed by atoms with Gasteiger partial charge in [-0.15, -0.1) is 11.3 Å². The van der Waals surface area contributed by atoms with Crippen molar-refractivity contribution in [2.24, 2.45) is 5.73 Å². The second kappa shape index (κ2) is 6.72. The lowest BCUT2D eigenvalue weighted by atomic mass is 10.2. The first-order valence-electron chi connectivity index (χ1n) is 6.17. The molecule has 1 saturated heterocycles. The van der Waals surface area contributed by atoms with Crippen molar-refractivity contribution in [2.75, 3.05) is 39.0 Å². The van der Waals surface area contributed by atoms with Crippen molar-refractivity contribution in [1.29, 1.82) is 0 Å². The first-order chi connectivity index (χ1) is 9.32. The molecule has 2 N–H and O–H groups in total. The Morgan fingerprint density at radius 1 is 1.35 bits per heavy atom. The molecule has 1 aliphatic rings. The third-order valence-electron chi connectivity index (χ3n) is 3.40. The summed E-state index contributed by atoms with van der Waals surface area (Å²) in [4.78, 5) is 3.45. The molecule has 2 heterocycles. The van der Waals surface area contributed by atoms with Gasteiger partial charge in [0.25, 0.3) is 0 Å². The van der Waals surface area contributed by atoms with Crippen molar-refractivity contribution in [3.8, 4) is 0 Å². The third kappa shape index (κ3) is 3.82. The average molecular weight is 447 g/mol. The highest BCUT2D eigenvalue weighted by Crippen LogP contribution is 2.37. The Labute approximate surface area is 140 Å². The number of hydrogen-bond acceptors (Lipinski definition) is 5. The van der Waals surface area contributed by atoms with Gasteiger partial charge in [-0.1, -0.05) is 0 Å². The lowest BCUT2D eigenvalue weighted by Crippen LogP contribution is -2.50. The van der Waals surface area contributed by atoms with E-state index in [1.807, 2.05) is 0 Å². The minimum atomic E-state index is -3.09. The van der Waals surface area contributed by atoms with Gasteiger partial charge in [0.2, 0.25) is 10.0 Å². The van der Waals surface area contributed by atoms with Crippen molar-refractivity contribution in [3.05, 3.63) is 19.2 Å². The van der Waals surface area contributed by atoms with Crippen LogP contribution in [0.4, 0.5) is 0 Å². The zero-order valence-electron chi connectivity index (χ0n) is 11.1. The SMILES string of the molecule is CS(=O)(=O)N1CCN(C(CN)c2cc(Br)c(Br)s2)CC1. The van der Waals surface area contributed by atoms with Gasteiger partial charge in [0, 0.05) is 42.1 Å². The van der Waals surface area contributed by atoms with Gasteiger partial charge in [-0.25, -0.2) is 8.42 Å². The van der Waals surface area contributed by atoms with Gasteiger partial charge >= 0.3 is 0 Å². The monoisotopic (exact) mass is 445 g/mol. The van der Waals surface area contributed by atoms with E-state index >= 15 is 0 Å². The summed E-state index contributed by atoms with van der Waals surface area (Å²) < 4.78 is 26.7. The molecule has 0 aliphatic carbocycles. The molecule has 9 heteroatoms. The number of sulfonamides is 1. The standard InChI is InChI=1S/C11H17Br2N3O2S2/c1-20(17,18)16-4-2-15(3-5-16)9(7-14)10-6-8(12)11(13)19-10/h6,9H,2-5,7,14H2,1H3. The maximum atomic E-state index is 11.5. The summed E-state index contributed by atoms with van der Waals surface area (Å²) in [5, 5.41) is 0. The van der Waals surface area contributed by atoms with E-state index < -0.39 is 10.0 Å². The minimum Gasteiger partial charge on any atom is -0.329 e. The molecule has 1 aliphatic heterocycles. The van der Waals surface area contributed by atoms with Gasteiger partial charge in [-0.2, -0.15) is 4.31 Å². The molecule has 1 atom stereocenters. The number of rotatable bonds is 4. The largest absolute Gasteiger partial charge is 0.329 e. The Balaban J connectivity index is 2.07. The van der Waals surface area contributed by atoms with Crippen LogP contribution in [0.3, 0.4) is 0 Å². The van der Waals surface area contributed by atoms with Crippen molar-refractivity contribution in [3.63, 3.8) is 0 Å². The maximum absolute atomic E-state index is 11.5. The highest BCUT2D eigenvalue weighted by atomic mass is 79.9.